The first-order valence-electron chi connectivity index (χ1n) is 3.74. The minimum absolute atomic E-state index is 0.0692. The molecule has 0 aromatic carbocycles. The molecule has 0 fully saturated rings. The van der Waals surface area contributed by atoms with Crippen LogP contribution in [0.3, 0.4) is 0 Å². The maximum absolute atomic E-state index is 11.9. The summed E-state index contributed by atoms with van der Waals surface area (Å²) in [6.07, 6.45) is -4.78. The van der Waals surface area contributed by atoms with Crippen LogP contribution >= 0.6 is 22.6 Å². The molecule has 0 atom stereocenters. The van der Waals surface area contributed by atoms with Gasteiger partial charge in [-0.05, 0) is 28.7 Å². The zero-order chi connectivity index (χ0) is 11.6. The minimum Gasteiger partial charge on any atom is -0.402 e. The Morgan fingerprint density at radius 3 is 2.53 bits per heavy atom. The molecular weight excluding hydrogens is 326 g/mol. The molecule has 4 N–H and O–H groups in total. The van der Waals surface area contributed by atoms with Gasteiger partial charge >= 0.3 is 6.36 Å². The van der Waals surface area contributed by atoms with E-state index in [0.717, 1.165) is 6.07 Å². The fourth-order valence-electron chi connectivity index (χ4n) is 0.874. The Kier molecular flexibility index (Phi) is 3.60. The number of aromatic nitrogens is 1. The zero-order valence-corrected chi connectivity index (χ0v) is 9.46. The summed E-state index contributed by atoms with van der Waals surface area (Å²) in [5, 5.41) is 0. The van der Waals surface area contributed by atoms with Crippen LogP contribution in [0, 0.1) is 3.70 Å². The Bertz CT molecular complexity index is 369. The number of anilines is 1. The van der Waals surface area contributed by atoms with E-state index in [1.165, 1.54) is 0 Å². The summed E-state index contributed by atoms with van der Waals surface area (Å²) in [5.74, 6) is -0.836. The van der Waals surface area contributed by atoms with Crippen LogP contribution in [0.15, 0.2) is 6.07 Å². The van der Waals surface area contributed by atoms with E-state index in [9.17, 15) is 13.2 Å². The molecule has 0 amide bonds. The molecule has 0 bridgehead atoms. The maximum Gasteiger partial charge on any atom is 0.573 e. The van der Waals surface area contributed by atoms with E-state index in [-0.39, 0.29) is 12.4 Å². The molecule has 1 rings (SSSR count). The number of nitrogens with two attached hydrogens (primary N) is 2. The van der Waals surface area contributed by atoms with Crippen molar-refractivity contribution < 1.29 is 17.9 Å². The Hall–Kier alpha value is -0.770. The van der Waals surface area contributed by atoms with Crippen LogP contribution in [-0.2, 0) is 6.54 Å². The highest BCUT2D eigenvalue weighted by Crippen LogP contribution is 2.29. The Balaban J connectivity index is 3.08. The molecule has 1 aromatic rings. The first-order valence-corrected chi connectivity index (χ1v) is 4.82. The van der Waals surface area contributed by atoms with Gasteiger partial charge in [-0.3, -0.25) is 0 Å². The average Bonchev–Trinajstić information content (AvgIpc) is 2.07. The molecule has 0 radical (unpaired) electrons. The minimum atomic E-state index is -4.78. The predicted molar refractivity (Wildman–Crippen MR) is 55.9 cm³/mol. The summed E-state index contributed by atoms with van der Waals surface area (Å²) in [5.41, 5.74) is 11.0. The second-order valence-corrected chi connectivity index (χ2v) is 3.60. The number of ether oxygens (including phenoxy) is 1. The average molecular weight is 333 g/mol. The molecule has 8 heteroatoms. The Morgan fingerprint density at radius 2 is 2.07 bits per heavy atom. The van der Waals surface area contributed by atoms with Gasteiger partial charge in [0, 0.05) is 12.1 Å². The summed E-state index contributed by atoms with van der Waals surface area (Å²) in [6.45, 7) is 0.0692. The Morgan fingerprint density at radius 1 is 1.47 bits per heavy atom. The van der Waals surface area contributed by atoms with Crippen molar-refractivity contribution in [3.63, 3.8) is 0 Å². The van der Waals surface area contributed by atoms with Gasteiger partial charge in [0.25, 0.3) is 0 Å². The lowest BCUT2D eigenvalue weighted by Crippen LogP contribution is -2.19. The molecule has 0 aliphatic heterocycles. The normalized spacial score (nSPS) is 11.5. The van der Waals surface area contributed by atoms with Crippen molar-refractivity contribution in [2.75, 3.05) is 5.73 Å². The van der Waals surface area contributed by atoms with E-state index < -0.39 is 12.1 Å². The zero-order valence-electron chi connectivity index (χ0n) is 7.31. The lowest BCUT2D eigenvalue weighted by molar-refractivity contribution is -0.274. The second-order valence-electron chi connectivity index (χ2n) is 2.57. The first kappa shape index (κ1) is 12.3. The third-order valence-electron chi connectivity index (χ3n) is 1.49. The molecule has 0 saturated carbocycles. The highest BCUT2D eigenvalue weighted by Gasteiger charge is 2.32. The highest BCUT2D eigenvalue weighted by atomic mass is 127. The van der Waals surface area contributed by atoms with Crippen LogP contribution in [0.5, 0.6) is 5.75 Å². The van der Waals surface area contributed by atoms with Crippen molar-refractivity contribution in [2.45, 2.75) is 12.9 Å². The number of hydrogen-bond donors (Lipinski definition) is 2. The molecule has 0 saturated heterocycles. The molecular formula is C7H7F3IN3O. The molecule has 15 heavy (non-hydrogen) atoms. The van der Waals surface area contributed by atoms with E-state index >= 15 is 0 Å². The van der Waals surface area contributed by atoms with Gasteiger partial charge < -0.3 is 16.2 Å². The van der Waals surface area contributed by atoms with E-state index in [0.29, 0.717) is 9.26 Å². The van der Waals surface area contributed by atoms with Crippen molar-refractivity contribution in [1.29, 1.82) is 0 Å². The van der Waals surface area contributed by atoms with Gasteiger partial charge in [-0.15, -0.1) is 13.2 Å². The van der Waals surface area contributed by atoms with Crippen LogP contribution in [0.1, 0.15) is 5.56 Å². The number of hydrogen-bond acceptors (Lipinski definition) is 4. The Labute approximate surface area is 96.9 Å². The summed E-state index contributed by atoms with van der Waals surface area (Å²) >= 11 is 1.83. The van der Waals surface area contributed by atoms with Gasteiger partial charge in [0.15, 0.2) is 11.6 Å². The van der Waals surface area contributed by atoms with Gasteiger partial charge in [-0.2, -0.15) is 0 Å². The van der Waals surface area contributed by atoms with Crippen molar-refractivity contribution in [3.05, 3.63) is 15.3 Å². The lowest BCUT2D eigenvalue weighted by atomic mass is 10.3. The van der Waals surface area contributed by atoms with E-state index in [1.807, 2.05) is 22.6 Å². The number of nitrogen functional groups attached to an aromatic ring is 1. The summed E-state index contributed by atoms with van der Waals surface area (Å²) < 4.78 is 39.9. The fraction of sp³-hybridized carbons (Fsp3) is 0.286. The van der Waals surface area contributed by atoms with Gasteiger partial charge in [-0.25, -0.2) is 4.98 Å². The smallest absolute Gasteiger partial charge is 0.402 e. The van der Waals surface area contributed by atoms with E-state index in [4.69, 9.17) is 11.5 Å². The number of rotatable bonds is 2. The van der Waals surface area contributed by atoms with Gasteiger partial charge in [-0.1, -0.05) is 0 Å². The highest BCUT2D eigenvalue weighted by molar-refractivity contribution is 14.1. The molecule has 4 nitrogen and oxygen atoms in total. The first-order chi connectivity index (χ1) is 6.83. The number of alkyl halides is 3. The molecule has 0 aliphatic carbocycles. The van der Waals surface area contributed by atoms with E-state index in [2.05, 4.69) is 9.72 Å². The van der Waals surface area contributed by atoms with Crippen molar-refractivity contribution in [2.24, 2.45) is 5.73 Å². The van der Waals surface area contributed by atoms with E-state index in [1.54, 1.807) is 0 Å². The molecule has 0 spiro atoms. The number of nitrogens with zero attached hydrogens (tertiary/aromatic N) is 1. The van der Waals surface area contributed by atoms with Crippen LogP contribution in [0.4, 0.5) is 19.0 Å². The van der Waals surface area contributed by atoms with Crippen LogP contribution in [0.25, 0.3) is 0 Å². The van der Waals surface area contributed by atoms with Crippen molar-refractivity contribution >= 4 is 28.4 Å². The standard InChI is InChI=1S/C7H7F3IN3O/c8-7(9,10)15-4-1-3(2-12)5(11)14-6(4)13/h1H,2,12H2,(H2,13,14). The third-order valence-corrected chi connectivity index (χ3v) is 2.42. The second kappa shape index (κ2) is 4.39. The largest absolute Gasteiger partial charge is 0.573 e. The molecule has 1 aromatic heterocycles. The fourth-order valence-corrected chi connectivity index (χ4v) is 1.51. The monoisotopic (exact) mass is 333 g/mol. The molecule has 0 unspecified atom stereocenters. The van der Waals surface area contributed by atoms with Gasteiger partial charge in [0.05, 0.1) is 0 Å². The molecule has 1 heterocycles. The lowest BCUT2D eigenvalue weighted by Gasteiger charge is -2.12. The van der Waals surface area contributed by atoms with Crippen LogP contribution < -0.4 is 16.2 Å². The third kappa shape index (κ3) is 3.38. The number of pyridine rings is 1. The van der Waals surface area contributed by atoms with Crippen LogP contribution in [0.2, 0.25) is 0 Å². The summed E-state index contributed by atoms with van der Waals surface area (Å²) in [6, 6.07) is 1.14. The maximum atomic E-state index is 11.9. The predicted octanol–water partition coefficient (Wildman–Crippen LogP) is 1.63. The van der Waals surface area contributed by atoms with Gasteiger partial charge in [0.1, 0.15) is 3.70 Å². The van der Waals surface area contributed by atoms with Gasteiger partial charge in [0.2, 0.25) is 0 Å². The number of halogens is 4. The van der Waals surface area contributed by atoms with Crippen LogP contribution in [-0.4, -0.2) is 11.3 Å². The quantitative estimate of drug-likeness (QED) is 0.637. The summed E-state index contributed by atoms with van der Waals surface area (Å²) in [4.78, 5) is 3.69. The topological polar surface area (TPSA) is 74.2 Å². The summed E-state index contributed by atoms with van der Waals surface area (Å²) in [7, 11) is 0. The molecule has 0 aliphatic rings. The van der Waals surface area contributed by atoms with Crippen molar-refractivity contribution in [1.82, 2.24) is 4.98 Å². The molecule has 84 valence electrons. The van der Waals surface area contributed by atoms with Crippen molar-refractivity contribution in [3.8, 4) is 5.75 Å². The SMILES string of the molecule is NCc1cc(OC(F)(F)F)c(N)nc1I.